The maximum atomic E-state index is 13.1. The van der Waals surface area contributed by atoms with Crippen molar-refractivity contribution in [3.63, 3.8) is 0 Å². The van der Waals surface area contributed by atoms with Gasteiger partial charge in [-0.2, -0.15) is 13.2 Å². The van der Waals surface area contributed by atoms with Gasteiger partial charge in [0.25, 0.3) is 5.91 Å². The number of aliphatic carboxylic acids is 1. The second-order valence-electron chi connectivity index (χ2n) is 7.75. The Morgan fingerprint density at radius 2 is 1.64 bits per heavy atom. The van der Waals surface area contributed by atoms with Gasteiger partial charge in [0.2, 0.25) is 0 Å². The molecule has 0 saturated heterocycles. The van der Waals surface area contributed by atoms with Gasteiger partial charge in [-0.05, 0) is 67.7 Å². The van der Waals surface area contributed by atoms with Crippen LogP contribution in [-0.2, 0) is 17.8 Å². The summed E-state index contributed by atoms with van der Waals surface area (Å²) in [5.74, 6) is -2.61. The molecule has 1 aliphatic rings. The number of carbonyl (C=O) groups excluding carboxylic acids is 1. The molecule has 0 atom stereocenters. The topological polar surface area (TPSA) is 81.1 Å². The van der Waals surface area contributed by atoms with E-state index in [9.17, 15) is 23.1 Å². The number of alkyl halides is 3. The highest BCUT2D eigenvalue weighted by molar-refractivity contribution is 6.07. The number of hydrogen-bond acceptors (Lipinski definition) is 4. The maximum Gasteiger partial charge on any atom is 0.490 e. The maximum absolute atomic E-state index is 13.1. The van der Waals surface area contributed by atoms with Crippen molar-refractivity contribution in [2.75, 3.05) is 24.5 Å². The van der Waals surface area contributed by atoms with Crippen LogP contribution in [0, 0.1) is 6.92 Å². The number of anilines is 1. The average Bonchev–Trinajstić information content (AvgIpc) is 2.79. The molecule has 2 aromatic rings. The predicted octanol–water partition coefficient (Wildman–Crippen LogP) is 4.77. The molecular formula is C24H29F3N2O4. The molecule has 0 bridgehead atoms. The summed E-state index contributed by atoms with van der Waals surface area (Å²) in [5, 5.41) is 17.5. The first-order valence-electron chi connectivity index (χ1n) is 10.7. The van der Waals surface area contributed by atoms with Crippen LogP contribution in [0.25, 0.3) is 0 Å². The number of rotatable bonds is 5. The van der Waals surface area contributed by atoms with Gasteiger partial charge in [-0.1, -0.05) is 32.0 Å². The molecule has 2 N–H and O–H groups in total. The fraction of sp³-hybridized carbons (Fsp3) is 0.417. The number of aryl methyl sites for hydroxylation is 1. The zero-order chi connectivity index (χ0) is 24.8. The number of nitrogens with zero attached hydrogens (tertiary/aromatic N) is 2. The largest absolute Gasteiger partial charge is 0.506 e. The van der Waals surface area contributed by atoms with Crippen molar-refractivity contribution in [3.8, 4) is 5.75 Å². The lowest BCUT2D eigenvalue weighted by molar-refractivity contribution is -0.192. The van der Waals surface area contributed by atoms with Crippen LogP contribution in [0.5, 0.6) is 5.75 Å². The summed E-state index contributed by atoms with van der Waals surface area (Å²) < 4.78 is 31.7. The van der Waals surface area contributed by atoms with Crippen molar-refractivity contribution in [1.82, 2.24) is 4.90 Å². The summed E-state index contributed by atoms with van der Waals surface area (Å²) in [7, 11) is 0. The van der Waals surface area contributed by atoms with Gasteiger partial charge >= 0.3 is 12.1 Å². The van der Waals surface area contributed by atoms with E-state index in [2.05, 4.69) is 18.7 Å². The Balaban J connectivity index is 0.000000479. The van der Waals surface area contributed by atoms with Crippen molar-refractivity contribution in [3.05, 3.63) is 58.7 Å². The van der Waals surface area contributed by atoms with E-state index in [1.807, 2.05) is 37.3 Å². The van der Waals surface area contributed by atoms with E-state index >= 15 is 0 Å². The summed E-state index contributed by atoms with van der Waals surface area (Å²) >= 11 is 0. The van der Waals surface area contributed by atoms with Gasteiger partial charge in [0.05, 0.1) is 5.69 Å². The molecule has 0 aliphatic carbocycles. The first kappa shape index (κ1) is 26.2. The summed E-state index contributed by atoms with van der Waals surface area (Å²) in [5.41, 5.74) is 4.78. The summed E-state index contributed by atoms with van der Waals surface area (Å²) in [6.45, 7) is 9.92. The fourth-order valence-electron chi connectivity index (χ4n) is 3.68. The number of aromatic hydroxyl groups is 1. The average molecular weight is 467 g/mol. The lowest BCUT2D eigenvalue weighted by Crippen LogP contribution is -2.35. The van der Waals surface area contributed by atoms with Crippen LogP contribution in [0.4, 0.5) is 18.9 Å². The number of carboxylic acids is 1. The molecule has 1 amide bonds. The van der Waals surface area contributed by atoms with E-state index in [-0.39, 0.29) is 11.7 Å². The second kappa shape index (κ2) is 11.2. The number of carboxylic acid groups (broad SMARTS) is 1. The van der Waals surface area contributed by atoms with E-state index in [0.717, 1.165) is 43.6 Å². The third-order valence-corrected chi connectivity index (χ3v) is 5.56. The molecule has 3 rings (SSSR count). The quantitative estimate of drug-likeness (QED) is 0.664. The Morgan fingerprint density at radius 1 is 1.06 bits per heavy atom. The Morgan fingerprint density at radius 3 is 2.15 bits per heavy atom. The third kappa shape index (κ3) is 6.71. The highest BCUT2D eigenvalue weighted by Crippen LogP contribution is 2.38. The minimum atomic E-state index is -5.08. The van der Waals surface area contributed by atoms with E-state index in [4.69, 9.17) is 9.90 Å². The van der Waals surface area contributed by atoms with Gasteiger partial charge in [0.15, 0.2) is 0 Å². The highest BCUT2D eigenvalue weighted by atomic mass is 19.4. The minimum absolute atomic E-state index is 0.0405. The minimum Gasteiger partial charge on any atom is -0.506 e. The number of halogens is 3. The van der Waals surface area contributed by atoms with Crippen LogP contribution in [0.15, 0.2) is 36.4 Å². The highest BCUT2D eigenvalue weighted by Gasteiger charge is 2.38. The lowest BCUT2D eigenvalue weighted by Gasteiger charge is -2.31. The van der Waals surface area contributed by atoms with Crippen LogP contribution >= 0.6 is 0 Å². The number of phenolic OH excluding ortho intramolecular Hbond substituents is 1. The van der Waals surface area contributed by atoms with Crippen LogP contribution in [0.3, 0.4) is 0 Å². The second-order valence-corrected chi connectivity index (χ2v) is 7.75. The Kier molecular flexibility index (Phi) is 8.87. The zero-order valence-corrected chi connectivity index (χ0v) is 18.9. The number of amides is 1. The molecule has 1 heterocycles. The first-order valence-corrected chi connectivity index (χ1v) is 10.7. The van der Waals surface area contributed by atoms with Gasteiger partial charge in [0, 0.05) is 18.7 Å². The SMILES string of the molecule is CCN(CC)Cc1ccc(C(=O)N2CCCc3c(C)ccc(O)c32)cc1.O=C(O)C(F)(F)F. The standard InChI is InChI=1S/C22H28N2O2.C2HF3O2/c1-4-23(5-2)15-17-9-11-18(12-10-17)22(26)24-14-6-7-19-16(3)8-13-20(25)21(19)24;3-2(4,5)1(6)7/h8-13,25H,4-7,14-15H2,1-3H3;(H,6,7). The lowest BCUT2D eigenvalue weighted by atomic mass is 9.95. The number of benzene rings is 2. The molecule has 0 aromatic heterocycles. The van der Waals surface area contributed by atoms with Crippen LogP contribution in [-0.4, -0.2) is 52.8 Å². The van der Waals surface area contributed by atoms with Crippen molar-refractivity contribution in [1.29, 1.82) is 0 Å². The van der Waals surface area contributed by atoms with Crippen molar-refractivity contribution < 1.29 is 33.0 Å². The number of phenols is 1. The molecule has 6 nitrogen and oxygen atoms in total. The van der Waals surface area contributed by atoms with Crippen LogP contribution in [0.1, 0.15) is 47.3 Å². The normalized spacial score (nSPS) is 13.2. The van der Waals surface area contributed by atoms with Crippen molar-refractivity contribution in [2.45, 2.75) is 46.3 Å². The number of fused-ring (bicyclic) bond motifs is 1. The van der Waals surface area contributed by atoms with Gasteiger partial charge in [0.1, 0.15) is 5.75 Å². The molecule has 0 saturated carbocycles. The Labute approximate surface area is 191 Å². The van der Waals surface area contributed by atoms with E-state index in [0.29, 0.717) is 17.8 Å². The number of carbonyl (C=O) groups is 2. The molecule has 180 valence electrons. The molecule has 2 aromatic carbocycles. The van der Waals surface area contributed by atoms with Gasteiger partial charge < -0.3 is 15.1 Å². The molecule has 33 heavy (non-hydrogen) atoms. The van der Waals surface area contributed by atoms with Gasteiger partial charge in [-0.15, -0.1) is 0 Å². The smallest absolute Gasteiger partial charge is 0.490 e. The van der Waals surface area contributed by atoms with Gasteiger partial charge in [-0.25, -0.2) is 4.79 Å². The van der Waals surface area contributed by atoms with E-state index < -0.39 is 12.1 Å². The Bertz CT molecular complexity index is 971. The number of hydrogen-bond donors (Lipinski definition) is 2. The molecule has 0 fully saturated rings. The molecule has 1 aliphatic heterocycles. The molecule has 0 spiro atoms. The molecule has 0 unspecified atom stereocenters. The third-order valence-electron chi connectivity index (χ3n) is 5.56. The molecular weight excluding hydrogens is 437 g/mol. The van der Waals surface area contributed by atoms with Crippen molar-refractivity contribution >= 4 is 17.6 Å². The monoisotopic (exact) mass is 466 g/mol. The molecule has 0 radical (unpaired) electrons. The predicted molar refractivity (Wildman–Crippen MR) is 120 cm³/mol. The zero-order valence-electron chi connectivity index (χ0n) is 18.9. The summed E-state index contributed by atoms with van der Waals surface area (Å²) in [6, 6.07) is 11.5. The first-order chi connectivity index (χ1) is 15.5. The summed E-state index contributed by atoms with van der Waals surface area (Å²) in [6.07, 6.45) is -3.26. The van der Waals surface area contributed by atoms with Crippen LogP contribution in [0.2, 0.25) is 0 Å². The van der Waals surface area contributed by atoms with Crippen LogP contribution < -0.4 is 4.90 Å². The van der Waals surface area contributed by atoms with Gasteiger partial charge in [-0.3, -0.25) is 9.69 Å². The fourth-order valence-corrected chi connectivity index (χ4v) is 3.68. The molecule has 9 heteroatoms. The van der Waals surface area contributed by atoms with E-state index in [1.54, 1.807) is 11.0 Å². The summed E-state index contributed by atoms with van der Waals surface area (Å²) in [4.78, 5) is 26.1. The Hall–Kier alpha value is -3.07. The van der Waals surface area contributed by atoms with Crippen molar-refractivity contribution in [2.24, 2.45) is 0 Å². The van der Waals surface area contributed by atoms with E-state index in [1.165, 1.54) is 5.56 Å².